The van der Waals surface area contributed by atoms with Crippen molar-refractivity contribution in [1.29, 1.82) is 0 Å². The zero-order valence-electron chi connectivity index (χ0n) is 18.7. The first-order valence-corrected chi connectivity index (χ1v) is 11.0. The summed E-state index contributed by atoms with van der Waals surface area (Å²) in [5.41, 5.74) is 6.64. The molecular formula is C24H24N6O4. The number of nitrogens with two attached hydrogens (primary N) is 1. The first-order chi connectivity index (χ1) is 16.4. The van der Waals surface area contributed by atoms with Gasteiger partial charge in [0.05, 0.1) is 36.2 Å². The maximum Gasteiger partial charge on any atom is 0.269 e. The van der Waals surface area contributed by atoms with Gasteiger partial charge in [-0.25, -0.2) is 9.67 Å². The SMILES string of the molecule is CN1CCC(O)(C#Cc2cccc(-n3nc(C(N)=O)c4cc(N5CCOCC5)cnc43)c2)C1=O. The van der Waals surface area contributed by atoms with Crippen molar-refractivity contribution >= 4 is 28.5 Å². The summed E-state index contributed by atoms with van der Waals surface area (Å²) in [6, 6.07) is 9.00. The Morgan fingerprint density at radius 2 is 2.00 bits per heavy atom. The van der Waals surface area contributed by atoms with E-state index in [1.807, 2.05) is 12.1 Å². The fraction of sp³-hybridized carbons (Fsp3) is 0.333. The monoisotopic (exact) mass is 460 g/mol. The zero-order chi connectivity index (χ0) is 23.9. The molecule has 34 heavy (non-hydrogen) atoms. The maximum atomic E-state index is 12.2. The largest absolute Gasteiger partial charge is 0.378 e. The second-order valence-electron chi connectivity index (χ2n) is 8.43. The van der Waals surface area contributed by atoms with Crippen molar-refractivity contribution in [1.82, 2.24) is 19.7 Å². The Kier molecular flexibility index (Phi) is 5.43. The molecule has 1 unspecified atom stereocenters. The number of aliphatic hydroxyl groups is 1. The molecule has 2 amide bonds. The van der Waals surface area contributed by atoms with E-state index in [1.165, 1.54) is 4.90 Å². The highest BCUT2D eigenvalue weighted by Gasteiger charge is 2.42. The van der Waals surface area contributed by atoms with E-state index in [0.717, 1.165) is 18.8 Å². The lowest BCUT2D eigenvalue weighted by Gasteiger charge is -2.28. The van der Waals surface area contributed by atoms with Gasteiger partial charge < -0.3 is 25.4 Å². The van der Waals surface area contributed by atoms with Crippen molar-refractivity contribution < 1.29 is 19.4 Å². The predicted molar refractivity (Wildman–Crippen MR) is 124 cm³/mol. The molecule has 1 atom stereocenters. The second kappa shape index (κ2) is 8.44. The molecule has 0 bridgehead atoms. The van der Waals surface area contributed by atoms with E-state index < -0.39 is 17.4 Å². The molecule has 3 N–H and O–H groups in total. The highest BCUT2D eigenvalue weighted by atomic mass is 16.5. The minimum atomic E-state index is -1.68. The van der Waals surface area contributed by atoms with Crippen molar-refractivity contribution in [3.63, 3.8) is 0 Å². The topological polar surface area (TPSA) is 127 Å². The van der Waals surface area contributed by atoms with Crippen molar-refractivity contribution in [2.75, 3.05) is 44.8 Å². The number of primary amides is 1. The quantitative estimate of drug-likeness (QED) is 0.538. The maximum absolute atomic E-state index is 12.2. The lowest BCUT2D eigenvalue weighted by molar-refractivity contribution is -0.137. The number of carbonyl (C=O) groups is 2. The van der Waals surface area contributed by atoms with Crippen LogP contribution in [0, 0.1) is 11.8 Å². The van der Waals surface area contributed by atoms with Crippen LogP contribution in [0.25, 0.3) is 16.7 Å². The van der Waals surface area contributed by atoms with Crippen LogP contribution in [0.5, 0.6) is 0 Å². The number of morpholine rings is 1. The number of aromatic nitrogens is 3. The van der Waals surface area contributed by atoms with Crippen LogP contribution in [-0.2, 0) is 9.53 Å². The molecule has 0 saturated carbocycles. The number of fused-ring (bicyclic) bond motifs is 1. The van der Waals surface area contributed by atoms with E-state index in [-0.39, 0.29) is 12.1 Å². The van der Waals surface area contributed by atoms with Crippen molar-refractivity contribution in [3.05, 3.63) is 47.8 Å². The zero-order valence-corrected chi connectivity index (χ0v) is 18.7. The first kappa shape index (κ1) is 21.9. The third-order valence-electron chi connectivity index (χ3n) is 6.13. The van der Waals surface area contributed by atoms with Gasteiger partial charge in [0.2, 0.25) is 5.60 Å². The number of hydrogen-bond donors (Lipinski definition) is 2. The molecule has 10 heteroatoms. The van der Waals surface area contributed by atoms with Crippen molar-refractivity contribution in [2.24, 2.45) is 5.73 Å². The highest BCUT2D eigenvalue weighted by Crippen LogP contribution is 2.26. The first-order valence-electron chi connectivity index (χ1n) is 11.0. The van der Waals surface area contributed by atoms with Gasteiger partial charge in [-0.2, -0.15) is 5.10 Å². The van der Waals surface area contributed by atoms with Gasteiger partial charge in [0, 0.05) is 38.7 Å². The number of ether oxygens (including phenoxy) is 1. The molecule has 2 aliphatic heterocycles. The number of amides is 2. The molecule has 1 aromatic carbocycles. The van der Waals surface area contributed by atoms with Gasteiger partial charge >= 0.3 is 0 Å². The van der Waals surface area contributed by atoms with E-state index >= 15 is 0 Å². The van der Waals surface area contributed by atoms with Gasteiger partial charge in [0.25, 0.3) is 11.8 Å². The summed E-state index contributed by atoms with van der Waals surface area (Å²) in [6.07, 6.45) is 2.01. The summed E-state index contributed by atoms with van der Waals surface area (Å²) in [4.78, 5) is 32.5. The molecule has 5 rings (SSSR count). The van der Waals surface area contributed by atoms with E-state index in [9.17, 15) is 14.7 Å². The highest BCUT2D eigenvalue weighted by molar-refractivity contribution is 6.04. The van der Waals surface area contributed by atoms with Crippen molar-refractivity contribution in [2.45, 2.75) is 12.0 Å². The van der Waals surface area contributed by atoms with E-state index in [1.54, 1.807) is 36.1 Å². The summed E-state index contributed by atoms with van der Waals surface area (Å²) in [5.74, 6) is 4.57. The van der Waals surface area contributed by atoms with Crippen LogP contribution in [-0.4, -0.2) is 82.1 Å². The fourth-order valence-electron chi connectivity index (χ4n) is 4.21. The van der Waals surface area contributed by atoms with Crippen LogP contribution in [0.1, 0.15) is 22.5 Å². The second-order valence-corrected chi connectivity index (χ2v) is 8.43. The van der Waals surface area contributed by atoms with Gasteiger partial charge in [-0.3, -0.25) is 9.59 Å². The number of benzene rings is 1. The molecule has 174 valence electrons. The van der Waals surface area contributed by atoms with Crippen LogP contribution in [0.3, 0.4) is 0 Å². The molecule has 2 fully saturated rings. The van der Waals surface area contributed by atoms with Gasteiger partial charge in [-0.1, -0.05) is 17.9 Å². The smallest absolute Gasteiger partial charge is 0.269 e. The molecule has 0 spiro atoms. The molecule has 3 aromatic rings. The molecule has 2 aliphatic rings. The molecule has 0 aliphatic carbocycles. The van der Waals surface area contributed by atoms with E-state index in [0.29, 0.717) is 42.0 Å². The minimum Gasteiger partial charge on any atom is -0.378 e. The number of rotatable bonds is 3. The van der Waals surface area contributed by atoms with Gasteiger partial charge in [0.15, 0.2) is 11.3 Å². The summed E-state index contributed by atoms with van der Waals surface area (Å²) in [6.45, 7) is 3.18. The standard InChI is InChI=1S/C24H24N6O4/c1-28-8-7-24(33,23(28)32)6-5-16-3-2-4-17(13-16)30-22-19(20(27-30)21(25)31)14-18(15-26-22)29-9-11-34-12-10-29/h2-4,13-15,33H,7-12H2,1H3,(H2,25,31). The number of nitrogens with zero attached hydrogens (tertiary/aromatic N) is 5. The van der Waals surface area contributed by atoms with E-state index in [2.05, 4.69) is 26.8 Å². The van der Waals surface area contributed by atoms with Gasteiger partial charge in [0.1, 0.15) is 0 Å². The van der Waals surface area contributed by atoms with Crippen LogP contribution in [0.4, 0.5) is 5.69 Å². The van der Waals surface area contributed by atoms with Gasteiger partial charge in [-0.05, 0) is 24.3 Å². The number of hydrogen-bond acceptors (Lipinski definition) is 7. The van der Waals surface area contributed by atoms with Crippen LogP contribution in [0.15, 0.2) is 36.5 Å². The Morgan fingerprint density at radius 1 is 1.21 bits per heavy atom. The summed E-state index contributed by atoms with van der Waals surface area (Å²) in [7, 11) is 1.64. The third kappa shape index (κ3) is 3.85. The molecule has 2 saturated heterocycles. The summed E-state index contributed by atoms with van der Waals surface area (Å²) >= 11 is 0. The Balaban J connectivity index is 1.53. The van der Waals surface area contributed by atoms with Crippen molar-refractivity contribution in [3.8, 4) is 17.5 Å². The Bertz CT molecular complexity index is 1350. The van der Waals surface area contributed by atoms with Crippen LogP contribution < -0.4 is 10.6 Å². The third-order valence-corrected chi connectivity index (χ3v) is 6.13. The summed E-state index contributed by atoms with van der Waals surface area (Å²) in [5, 5.41) is 15.6. The average molecular weight is 460 g/mol. The Labute approximate surface area is 195 Å². The summed E-state index contributed by atoms with van der Waals surface area (Å²) < 4.78 is 6.96. The normalized spacial score (nSPS) is 20.5. The van der Waals surface area contributed by atoms with Gasteiger partial charge in [-0.15, -0.1) is 0 Å². The minimum absolute atomic E-state index is 0.128. The fourth-order valence-corrected chi connectivity index (χ4v) is 4.21. The molecule has 10 nitrogen and oxygen atoms in total. The number of likely N-dealkylation sites (N-methyl/N-ethyl adjacent to an activating group) is 1. The lowest BCUT2D eigenvalue weighted by Crippen LogP contribution is -2.37. The Hall–Kier alpha value is -3.94. The number of likely N-dealkylation sites (tertiary alicyclic amines) is 1. The molecule has 4 heterocycles. The number of anilines is 1. The number of pyridine rings is 1. The predicted octanol–water partition coefficient (Wildman–Crippen LogP) is 0.301. The van der Waals surface area contributed by atoms with Crippen LogP contribution >= 0.6 is 0 Å². The molecular weight excluding hydrogens is 436 g/mol. The van der Waals surface area contributed by atoms with Crippen LogP contribution in [0.2, 0.25) is 0 Å². The molecule has 2 aromatic heterocycles. The number of carbonyl (C=O) groups excluding carboxylic acids is 2. The Morgan fingerprint density at radius 3 is 2.71 bits per heavy atom. The van der Waals surface area contributed by atoms with E-state index in [4.69, 9.17) is 10.5 Å². The lowest BCUT2D eigenvalue weighted by atomic mass is 10.0. The molecule has 0 radical (unpaired) electrons. The average Bonchev–Trinajstić information content (AvgIpc) is 3.37.